The van der Waals surface area contributed by atoms with Gasteiger partial charge in [0.1, 0.15) is 0 Å². The quantitative estimate of drug-likeness (QED) is 0.860. The molecule has 1 saturated heterocycles. The SMILES string of the molecule is O=C(Nc1cc(Cl)cc(Cl)c1)C1CC12CCN(C(=O)O)CC2. The van der Waals surface area contributed by atoms with Gasteiger partial charge in [0.15, 0.2) is 0 Å². The molecular weight excluding hydrogens is 327 g/mol. The summed E-state index contributed by atoms with van der Waals surface area (Å²) in [5.41, 5.74) is 0.561. The Morgan fingerprint density at radius 1 is 1.18 bits per heavy atom. The van der Waals surface area contributed by atoms with Crippen molar-refractivity contribution in [1.29, 1.82) is 0 Å². The lowest BCUT2D eigenvalue weighted by molar-refractivity contribution is -0.118. The van der Waals surface area contributed by atoms with Crippen molar-refractivity contribution in [3.05, 3.63) is 28.2 Å². The van der Waals surface area contributed by atoms with Crippen LogP contribution in [-0.4, -0.2) is 35.1 Å². The van der Waals surface area contributed by atoms with Gasteiger partial charge in [-0.1, -0.05) is 23.2 Å². The van der Waals surface area contributed by atoms with E-state index in [9.17, 15) is 9.59 Å². The van der Waals surface area contributed by atoms with Gasteiger partial charge in [-0.3, -0.25) is 4.79 Å². The van der Waals surface area contributed by atoms with Crippen LogP contribution in [0.15, 0.2) is 18.2 Å². The molecule has 0 aromatic heterocycles. The van der Waals surface area contributed by atoms with Crippen LogP contribution in [0.1, 0.15) is 19.3 Å². The summed E-state index contributed by atoms with van der Waals surface area (Å²) >= 11 is 11.8. The van der Waals surface area contributed by atoms with Crippen LogP contribution in [0.5, 0.6) is 0 Å². The van der Waals surface area contributed by atoms with E-state index in [2.05, 4.69) is 5.32 Å². The monoisotopic (exact) mass is 342 g/mol. The van der Waals surface area contributed by atoms with Crippen LogP contribution in [0.25, 0.3) is 0 Å². The van der Waals surface area contributed by atoms with Gasteiger partial charge in [0, 0.05) is 34.7 Å². The molecule has 1 aromatic rings. The van der Waals surface area contributed by atoms with Gasteiger partial charge in [-0.15, -0.1) is 0 Å². The number of halogens is 2. The van der Waals surface area contributed by atoms with Gasteiger partial charge in [0.05, 0.1) is 0 Å². The molecule has 1 spiro atoms. The fourth-order valence-electron chi connectivity index (χ4n) is 3.27. The van der Waals surface area contributed by atoms with Crippen LogP contribution in [0, 0.1) is 11.3 Å². The Hall–Kier alpha value is -1.46. The highest BCUT2D eigenvalue weighted by molar-refractivity contribution is 6.35. The van der Waals surface area contributed by atoms with Crippen LogP contribution in [0.2, 0.25) is 10.0 Å². The zero-order valence-corrected chi connectivity index (χ0v) is 13.3. The average molecular weight is 343 g/mol. The summed E-state index contributed by atoms with van der Waals surface area (Å²) in [7, 11) is 0. The van der Waals surface area contributed by atoms with Gasteiger partial charge in [0.2, 0.25) is 5.91 Å². The van der Waals surface area contributed by atoms with Gasteiger partial charge in [0.25, 0.3) is 0 Å². The predicted molar refractivity (Wildman–Crippen MR) is 84.5 cm³/mol. The van der Waals surface area contributed by atoms with Crippen molar-refractivity contribution in [3.63, 3.8) is 0 Å². The third kappa shape index (κ3) is 3.01. The molecule has 2 amide bonds. The number of amides is 2. The molecule has 1 saturated carbocycles. The highest BCUT2D eigenvalue weighted by Gasteiger charge is 2.58. The molecule has 5 nitrogen and oxygen atoms in total. The summed E-state index contributed by atoms with van der Waals surface area (Å²) in [6, 6.07) is 4.93. The summed E-state index contributed by atoms with van der Waals surface area (Å²) in [5.74, 6) is -0.0942. The van der Waals surface area contributed by atoms with E-state index in [1.807, 2.05) is 0 Å². The van der Waals surface area contributed by atoms with E-state index in [1.165, 1.54) is 4.90 Å². The molecule has 22 heavy (non-hydrogen) atoms. The number of hydrogen-bond donors (Lipinski definition) is 2. The first-order chi connectivity index (χ1) is 10.4. The molecule has 1 heterocycles. The second-order valence-corrected chi connectivity index (χ2v) is 6.91. The third-order valence-electron chi connectivity index (χ3n) is 4.67. The van der Waals surface area contributed by atoms with Crippen molar-refractivity contribution in [2.24, 2.45) is 11.3 Å². The van der Waals surface area contributed by atoms with Crippen molar-refractivity contribution in [2.75, 3.05) is 18.4 Å². The molecule has 1 aliphatic carbocycles. The van der Waals surface area contributed by atoms with Gasteiger partial charge in [-0.25, -0.2) is 4.79 Å². The molecule has 7 heteroatoms. The number of carbonyl (C=O) groups is 2. The first-order valence-corrected chi connectivity index (χ1v) is 7.90. The van der Waals surface area contributed by atoms with Crippen LogP contribution in [0.3, 0.4) is 0 Å². The maximum absolute atomic E-state index is 12.4. The summed E-state index contributed by atoms with van der Waals surface area (Å²) < 4.78 is 0. The first-order valence-electron chi connectivity index (χ1n) is 7.14. The van der Waals surface area contributed by atoms with E-state index in [1.54, 1.807) is 18.2 Å². The van der Waals surface area contributed by atoms with Crippen LogP contribution >= 0.6 is 23.2 Å². The van der Waals surface area contributed by atoms with Crippen molar-refractivity contribution in [3.8, 4) is 0 Å². The highest BCUT2D eigenvalue weighted by atomic mass is 35.5. The Kier molecular flexibility index (Phi) is 3.95. The Morgan fingerprint density at radius 2 is 1.77 bits per heavy atom. The van der Waals surface area contributed by atoms with Crippen LogP contribution in [0.4, 0.5) is 10.5 Å². The van der Waals surface area contributed by atoms with E-state index >= 15 is 0 Å². The van der Waals surface area contributed by atoms with Crippen LogP contribution < -0.4 is 5.32 Å². The van der Waals surface area contributed by atoms with Crippen molar-refractivity contribution in [1.82, 2.24) is 4.90 Å². The number of anilines is 1. The molecule has 0 bridgehead atoms. The smallest absolute Gasteiger partial charge is 0.407 e. The van der Waals surface area contributed by atoms with Gasteiger partial charge < -0.3 is 15.3 Å². The topological polar surface area (TPSA) is 69.6 Å². The first kappa shape index (κ1) is 15.4. The molecule has 3 rings (SSSR count). The van der Waals surface area contributed by atoms with E-state index in [0.717, 1.165) is 19.3 Å². The molecule has 2 fully saturated rings. The molecule has 1 unspecified atom stereocenters. The number of benzene rings is 1. The Morgan fingerprint density at radius 3 is 2.32 bits per heavy atom. The number of carbonyl (C=O) groups excluding carboxylic acids is 1. The number of carboxylic acid groups (broad SMARTS) is 1. The van der Waals surface area contributed by atoms with Gasteiger partial charge in [-0.2, -0.15) is 0 Å². The van der Waals surface area contributed by atoms with Gasteiger partial charge in [-0.05, 0) is 42.9 Å². The Balaban J connectivity index is 1.60. The minimum Gasteiger partial charge on any atom is -0.465 e. The van der Waals surface area contributed by atoms with E-state index in [0.29, 0.717) is 28.8 Å². The number of piperidine rings is 1. The largest absolute Gasteiger partial charge is 0.465 e. The third-order valence-corrected chi connectivity index (χ3v) is 5.10. The summed E-state index contributed by atoms with van der Waals surface area (Å²) in [4.78, 5) is 24.7. The number of nitrogens with zero attached hydrogens (tertiary/aromatic N) is 1. The summed E-state index contributed by atoms with van der Waals surface area (Å²) in [6.45, 7) is 1.00. The molecule has 0 radical (unpaired) electrons. The average Bonchev–Trinajstić information content (AvgIpc) is 3.12. The van der Waals surface area contributed by atoms with Crippen LogP contribution in [-0.2, 0) is 4.79 Å². The Bertz CT molecular complexity index is 607. The zero-order chi connectivity index (χ0) is 15.9. The number of rotatable bonds is 2. The predicted octanol–water partition coefficient (Wildman–Crippen LogP) is 3.71. The molecule has 1 aromatic carbocycles. The summed E-state index contributed by atoms with van der Waals surface area (Å²) in [5, 5.41) is 12.8. The fraction of sp³-hybridized carbons (Fsp3) is 0.467. The molecule has 2 aliphatic rings. The lowest BCUT2D eigenvalue weighted by Crippen LogP contribution is -2.39. The fourth-order valence-corrected chi connectivity index (χ4v) is 3.80. The molecular formula is C15H16Cl2N2O3. The van der Waals surface area contributed by atoms with Crippen molar-refractivity contribution >= 4 is 40.9 Å². The van der Waals surface area contributed by atoms with E-state index in [4.69, 9.17) is 28.3 Å². The summed E-state index contributed by atoms with van der Waals surface area (Å²) in [6.07, 6.45) is 1.42. The van der Waals surface area contributed by atoms with Crippen molar-refractivity contribution < 1.29 is 14.7 Å². The maximum atomic E-state index is 12.4. The van der Waals surface area contributed by atoms with Gasteiger partial charge >= 0.3 is 6.09 Å². The number of nitrogens with one attached hydrogen (secondary N) is 1. The second-order valence-electron chi connectivity index (χ2n) is 6.04. The highest BCUT2D eigenvalue weighted by Crippen LogP contribution is 2.59. The molecule has 118 valence electrons. The van der Waals surface area contributed by atoms with E-state index < -0.39 is 6.09 Å². The lowest BCUT2D eigenvalue weighted by Gasteiger charge is -2.30. The normalized spacial score (nSPS) is 22.5. The molecule has 1 atom stereocenters. The minimum absolute atomic E-state index is 0.0294. The lowest BCUT2D eigenvalue weighted by atomic mass is 9.91. The number of hydrogen-bond acceptors (Lipinski definition) is 2. The molecule has 1 aliphatic heterocycles. The van der Waals surface area contributed by atoms with Crippen molar-refractivity contribution in [2.45, 2.75) is 19.3 Å². The van der Waals surface area contributed by atoms with E-state index in [-0.39, 0.29) is 17.2 Å². The molecule has 2 N–H and O–H groups in total. The number of likely N-dealkylation sites (tertiary alicyclic amines) is 1. The zero-order valence-electron chi connectivity index (χ0n) is 11.8. The minimum atomic E-state index is -0.884. The maximum Gasteiger partial charge on any atom is 0.407 e. The second kappa shape index (κ2) is 5.63. The standard InChI is InChI=1S/C15H16Cl2N2O3/c16-9-5-10(17)7-11(6-9)18-13(20)12-8-15(12)1-3-19(4-2-15)14(21)22/h5-7,12H,1-4,8H2,(H,18,20)(H,21,22). The Labute approximate surface area is 138 Å².